The van der Waals surface area contributed by atoms with Gasteiger partial charge in [-0.1, -0.05) is 18.2 Å². The van der Waals surface area contributed by atoms with Crippen LogP contribution in [0.3, 0.4) is 0 Å². The Balaban J connectivity index is 1.86. The summed E-state index contributed by atoms with van der Waals surface area (Å²) < 4.78 is 1.98. The van der Waals surface area contributed by atoms with Gasteiger partial charge in [-0.05, 0) is 48.9 Å². The number of pyridine rings is 2. The number of nitrogens with zero attached hydrogens (tertiary/aromatic N) is 5. The maximum Gasteiger partial charge on any atom is 0.287 e. The second kappa shape index (κ2) is 5.82. The molecule has 0 radical (unpaired) electrons. The molecule has 4 aromatic rings. The molecule has 0 saturated carbocycles. The standard InChI is InChI=1S/C17H13N5O2S/c1-10-8-15-19-20-17(21(15)14-6-4-3-5-13(10)14)25-16-11(2)7-12(9-18-16)22(23)24/h3-9H,1-2H3. The molecule has 8 heteroatoms. The lowest BCUT2D eigenvalue weighted by atomic mass is 10.1. The summed E-state index contributed by atoms with van der Waals surface area (Å²) in [6.45, 7) is 3.85. The van der Waals surface area contributed by atoms with Crippen LogP contribution in [0.1, 0.15) is 11.1 Å². The van der Waals surface area contributed by atoms with Crippen molar-refractivity contribution in [2.24, 2.45) is 0 Å². The quantitative estimate of drug-likeness (QED) is 0.410. The number of rotatable bonds is 3. The van der Waals surface area contributed by atoms with Gasteiger partial charge in [0.15, 0.2) is 5.65 Å². The second-order valence-corrected chi connectivity index (χ2v) is 6.65. The normalized spacial score (nSPS) is 11.3. The van der Waals surface area contributed by atoms with Crippen LogP contribution in [-0.4, -0.2) is 24.5 Å². The molecule has 0 aliphatic rings. The summed E-state index contributed by atoms with van der Waals surface area (Å²) in [5, 5.41) is 21.9. The monoisotopic (exact) mass is 351 g/mol. The van der Waals surface area contributed by atoms with Crippen LogP contribution in [-0.2, 0) is 0 Å². The molecule has 0 unspecified atom stereocenters. The van der Waals surface area contributed by atoms with Crippen LogP contribution in [0, 0.1) is 24.0 Å². The van der Waals surface area contributed by atoms with Crippen molar-refractivity contribution in [3.8, 4) is 0 Å². The van der Waals surface area contributed by atoms with Gasteiger partial charge in [0, 0.05) is 11.5 Å². The largest absolute Gasteiger partial charge is 0.287 e. The van der Waals surface area contributed by atoms with E-state index in [4.69, 9.17) is 0 Å². The fourth-order valence-electron chi connectivity index (χ4n) is 2.78. The molecule has 0 N–H and O–H groups in total. The Morgan fingerprint density at radius 2 is 1.92 bits per heavy atom. The van der Waals surface area contributed by atoms with Gasteiger partial charge in [-0.3, -0.25) is 14.5 Å². The van der Waals surface area contributed by atoms with Crippen LogP contribution in [0.4, 0.5) is 5.69 Å². The Labute approximate surface area is 146 Å². The molecule has 0 saturated heterocycles. The lowest BCUT2D eigenvalue weighted by Gasteiger charge is -2.07. The third-order valence-electron chi connectivity index (χ3n) is 3.99. The van der Waals surface area contributed by atoms with Crippen molar-refractivity contribution in [1.82, 2.24) is 19.6 Å². The van der Waals surface area contributed by atoms with Gasteiger partial charge in [0.2, 0.25) is 5.16 Å². The maximum absolute atomic E-state index is 10.9. The zero-order valence-electron chi connectivity index (χ0n) is 13.5. The van der Waals surface area contributed by atoms with E-state index in [0.29, 0.717) is 10.2 Å². The first kappa shape index (κ1) is 15.5. The van der Waals surface area contributed by atoms with Crippen molar-refractivity contribution >= 4 is 34.0 Å². The molecule has 124 valence electrons. The molecule has 0 atom stereocenters. The van der Waals surface area contributed by atoms with E-state index in [9.17, 15) is 10.1 Å². The summed E-state index contributed by atoms with van der Waals surface area (Å²) in [5.74, 6) is 0. The Morgan fingerprint density at radius 1 is 1.12 bits per heavy atom. The minimum absolute atomic E-state index is 0.0194. The van der Waals surface area contributed by atoms with Crippen molar-refractivity contribution in [1.29, 1.82) is 0 Å². The molecule has 3 aromatic heterocycles. The molecule has 0 fully saturated rings. The smallest absolute Gasteiger partial charge is 0.270 e. The minimum Gasteiger partial charge on any atom is -0.270 e. The fourth-order valence-corrected chi connectivity index (χ4v) is 3.64. The number of para-hydroxylation sites is 1. The zero-order valence-corrected chi connectivity index (χ0v) is 14.3. The number of aryl methyl sites for hydroxylation is 2. The maximum atomic E-state index is 10.9. The highest BCUT2D eigenvalue weighted by Gasteiger charge is 2.15. The molecule has 0 spiro atoms. The minimum atomic E-state index is -0.447. The summed E-state index contributed by atoms with van der Waals surface area (Å²) in [7, 11) is 0. The van der Waals surface area contributed by atoms with Crippen LogP contribution in [0.5, 0.6) is 0 Å². The van der Waals surface area contributed by atoms with Gasteiger partial charge in [-0.15, -0.1) is 10.2 Å². The van der Waals surface area contributed by atoms with Gasteiger partial charge in [0.1, 0.15) is 11.2 Å². The van der Waals surface area contributed by atoms with E-state index in [1.807, 2.05) is 35.6 Å². The Morgan fingerprint density at radius 3 is 2.68 bits per heavy atom. The number of nitro groups is 1. The molecule has 0 amide bonds. The summed E-state index contributed by atoms with van der Waals surface area (Å²) >= 11 is 1.35. The summed E-state index contributed by atoms with van der Waals surface area (Å²) in [6, 6.07) is 11.6. The van der Waals surface area contributed by atoms with E-state index in [-0.39, 0.29) is 5.69 Å². The first-order valence-corrected chi connectivity index (χ1v) is 8.38. The number of aromatic nitrogens is 4. The Bertz CT molecular complexity index is 1140. The predicted molar refractivity (Wildman–Crippen MR) is 95.0 cm³/mol. The molecule has 0 aliphatic carbocycles. The molecule has 0 bridgehead atoms. The topological polar surface area (TPSA) is 86.2 Å². The van der Waals surface area contributed by atoms with Crippen LogP contribution in [0.25, 0.3) is 16.6 Å². The van der Waals surface area contributed by atoms with Crippen LogP contribution in [0.15, 0.2) is 52.8 Å². The van der Waals surface area contributed by atoms with Crippen molar-refractivity contribution in [2.45, 2.75) is 24.0 Å². The first-order valence-electron chi connectivity index (χ1n) is 7.57. The van der Waals surface area contributed by atoms with Crippen molar-refractivity contribution in [3.63, 3.8) is 0 Å². The van der Waals surface area contributed by atoms with Gasteiger partial charge < -0.3 is 0 Å². The van der Waals surface area contributed by atoms with E-state index >= 15 is 0 Å². The highest BCUT2D eigenvalue weighted by Crippen LogP contribution is 2.31. The second-order valence-electron chi connectivity index (χ2n) is 5.70. The highest BCUT2D eigenvalue weighted by molar-refractivity contribution is 7.99. The average molecular weight is 351 g/mol. The van der Waals surface area contributed by atoms with Gasteiger partial charge >= 0.3 is 0 Å². The SMILES string of the molecule is Cc1cc([N+](=O)[O-])cnc1Sc1nnc2cc(C)c3ccccc3n12. The highest BCUT2D eigenvalue weighted by atomic mass is 32.2. The van der Waals surface area contributed by atoms with E-state index in [1.54, 1.807) is 6.92 Å². The third kappa shape index (κ3) is 2.60. The van der Waals surface area contributed by atoms with Crippen molar-refractivity contribution < 1.29 is 4.92 Å². The Hall–Kier alpha value is -3.00. The predicted octanol–water partition coefficient (Wildman–Crippen LogP) is 3.95. The van der Waals surface area contributed by atoms with Crippen molar-refractivity contribution in [2.75, 3.05) is 0 Å². The fraction of sp³-hybridized carbons (Fsp3) is 0.118. The molecular weight excluding hydrogens is 338 g/mol. The van der Waals surface area contributed by atoms with E-state index in [0.717, 1.165) is 27.7 Å². The summed E-state index contributed by atoms with van der Waals surface area (Å²) in [4.78, 5) is 14.6. The zero-order chi connectivity index (χ0) is 17.6. The molecule has 7 nitrogen and oxygen atoms in total. The number of hydrogen-bond donors (Lipinski definition) is 0. The van der Waals surface area contributed by atoms with E-state index in [1.165, 1.54) is 24.0 Å². The van der Waals surface area contributed by atoms with E-state index < -0.39 is 4.92 Å². The number of hydrogen-bond acceptors (Lipinski definition) is 6. The van der Waals surface area contributed by atoms with Crippen LogP contribution >= 0.6 is 11.8 Å². The Kier molecular flexibility index (Phi) is 3.61. The first-order chi connectivity index (χ1) is 12.0. The average Bonchev–Trinajstić information content (AvgIpc) is 2.99. The van der Waals surface area contributed by atoms with Gasteiger partial charge in [-0.2, -0.15) is 0 Å². The van der Waals surface area contributed by atoms with E-state index in [2.05, 4.69) is 21.2 Å². The molecule has 4 rings (SSSR count). The van der Waals surface area contributed by atoms with Gasteiger partial charge in [-0.25, -0.2) is 4.98 Å². The molecule has 3 heterocycles. The molecule has 25 heavy (non-hydrogen) atoms. The van der Waals surface area contributed by atoms with Crippen LogP contribution in [0.2, 0.25) is 0 Å². The number of fused-ring (bicyclic) bond motifs is 3. The lowest BCUT2D eigenvalue weighted by Crippen LogP contribution is -1.95. The molecular formula is C17H13N5O2S. The van der Waals surface area contributed by atoms with Gasteiger partial charge in [0.25, 0.3) is 5.69 Å². The number of benzene rings is 1. The third-order valence-corrected chi connectivity index (χ3v) is 5.06. The molecule has 1 aromatic carbocycles. The summed E-state index contributed by atoms with van der Waals surface area (Å²) in [5.41, 5.74) is 3.63. The lowest BCUT2D eigenvalue weighted by molar-refractivity contribution is -0.385. The van der Waals surface area contributed by atoms with Crippen LogP contribution < -0.4 is 0 Å². The molecule has 0 aliphatic heterocycles. The summed E-state index contributed by atoms with van der Waals surface area (Å²) in [6.07, 6.45) is 1.26. The van der Waals surface area contributed by atoms with Crippen molar-refractivity contribution in [3.05, 3.63) is 63.8 Å². The van der Waals surface area contributed by atoms with Gasteiger partial charge in [0.05, 0.1) is 10.4 Å².